The second-order valence-corrected chi connectivity index (χ2v) is 6.01. The van der Waals surface area contributed by atoms with E-state index < -0.39 is 12.0 Å². The molecule has 26 heavy (non-hydrogen) atoms. The third-order valence-electron chi connectivity index (χ3n) is 3.33. The zero-order valence-electron chi connectivity index (χ0n) is 14.2. The predicted molar refractivity (Wildman–Crippen MR) is 94.2 cm³/mol. The van der Waals surface area contributed by atoms with Crippen molar-refractivity contribution in [3.05, 3.63) is 46.8 Å². The van der Waals surface area contributed by atoms with Crippen molar-refractivity contribution in [3.8, 4) is 5.75 Å². The molecule has 1 aromatic carbocycles. The minimum atomic E-state index is -0.800. The van der Waals surface area contributed by atoms with Gasteiger partial charge in [0, 0.05) is 24.2 Å². The van der Waals surface area contributed by atoms with Gasteiger partial charge in [-0.05, 0) is 37.6 Å². The van der Waals surface area contributed by atoms with Crippen LogP contribution in [0.3, 0.4) is 0 Å². The van der Waals surface area contributed by atoms with Crippen LogP contribution in [0.5, 0.6) is 5.75 Å². The van der Waals surface area contributed by atoms with E-state index in [1.165, 1.54) is 6.07 Å². The van der Waals surface area contributed by atoms with Gasteiger partial charge in [0.2, 0.25) is 5.76 Å². The third-order valence-corrected chi connectivity index (χ3v) is 3.59. The van der Waals surface area contributed by atoms with E-state index in [4.69, 9.17) is 20.9 Å². The molecule has 3 N–H and O–H groups in total. The van der Waals surface area contributed by atoms with Crippen molar-refractivity contribution < 1.29 is 24.0 Å². The zero-order valence-corrected chi connectivity index (χ0v) is 15.0. The molecule has 140 valence electrons. The van der Waals surface area contributed by atoms with Gasteiger partial charge in [-0.15, -0.1) is 0 Å². The van der Waals surface area contributed by atoms with Crippen LogP contribution in [0.15, 0.2) is 34.9 Å². The largest absolute Gasteiger partial charge is 0.484 e. The fraction of sp³-hybridized carbons (Fsp3) is 0.353. The highest BCUT2D eigenvalue weighted by Crippen LogP contribution is 2.15. The Balaban J connectivity index is 1.59. The number of amides is 2. The van der Waals surface area contributed by atoms with Crippen LogP contribution in [-0.4, -0.2) is 47.9 Å². The van der Waals surface area contributed by atoms with Crippen LogP contribution in [0.1, 0.15) is 22.7 Å². The molecule has 2 amide bonds. The number of hydrogen-bond donors (Lipinski definition) is 3. The fourth-order valence-corrected chi connectivity index (χ4v) is 2.10. The number of aromatic nitrogens is 1. The van der Waals surface area contributed by atoms with Gasteiger partial charge in [-0.2, -0.15) is 0 Å². The Hall–Kier alpha value is -2.58. The Labute approximate surface area is 155 Å². The van der Waals surface area contributed by atoms with Crippen LogP contribution in [0.2, 0.25) is 5.02 Å². The predicted octanol–water partition coefficient (Wildman–Crippen LogP) is 1.31. The maximum atomic E-state index is 11.7. The van der Waals surface area contributed by atoms with Gasteiger partial charge in [-0.25, -0.2) is 0 Å². The molecule has 0 aliphatic heterocycles. The van der Waals surface area contributed by atoms with Crippen LogP contribution < -0.4 is 15.4 Å². The van der Waals surface area contributed by atoms with Crippen molar-refractivity contribution in [1.82, 2.24) is 15.8 Å². The lowest BCUT2D eigenvalue weighted by Crippen LogP contribution is -2.37. The lowest BCUT2D eigenvalue weighted by Gasteiger charge is -2.12. The Morgan fingerprint density at radius 3 is 2.69 bits per heavy atom. The van der Waals surface area contributed by atoms with E-state index in [-0.39, 0.29) is 37.8 Å². The lowest BCUT2D eigenvalue weighted by atomic mass is 10.2. The molecule has 2 rings (SSSR count). The number of ether oxygens (including phenoxy) is 1. The van der Waals surface area contributed by atoms with Crippen LogP contribution in [-0.2, 0) is 4.79 Å². The SMILES string of the molecule is Cc1cc(C(=O)NCC[C@H](O)CNC(=O)COc2ccc(Cl)cc2)on1. The molecule has 8 nitrogen and oxygen atoms in total. The number of aryl methyl sites for hydroxylation is 1. The van der Waals surface area contributed by atoms with E-state index in [0.717, 1.165) is 0 Å². The average Bonchev–Trinajstić information content (AvgIpc) is 3.06. The van der Waals surface area contributed by atoms with Crippen LogP contribution in [0.25, 0.3) is 0 Å². The summed E-state index contributed by atoms with van der Waals surface area (Å²) in [5, 5.41) is 19.2. The summed E-state index contributed by atoms with van der Waals surface area (Å²) >= 11 is 5.76. The van der Waals surface area contributed by atoms with Crippen LogP contribution in [0, 0.1) is 6.92 Å². The van der Waals surface area contributed by atoms with Crippen molar-refractivity contribution in [2.45, 2.75) is 19.4 Å². The number of halogens is 1. The summed E-state index contributed by atoms with van der Waals surface area (Å²) < 4.78 is 10.1. The Morgan fingerprint density at radius 1 is 1.31 bits per heavy atom. The number of rotatable bonds is 9. The summed E-state index contributed by atoms with van der Waals surface area (Å²) in [5.74, 6) is -0.126. The van der Waals surface area contributed by atoms with Gasteiger partial charge in [0.25, 0.3) is 11.8 Å². The number of nitrogens with zero attached hydrogens (tertiary/aromatic N) is 1. The number of aliphatic hydroxyl groups is 1. The fourth-order valence-electron chi connectivity index (χ4n) is 1.97. The smallest absolute Gasteiger partial charge is 0.289 e. The topological polar surface area (TPSA) is 114 Å². The third kappa shape index (κ3) is 6.73. The number of carbonyl (C=O) groups excluding carboxylic acids is 2. The number of nitrogens with one attached hydrogen (secondary N) is 2. The normalized spacial score (nSPS) is 11.7. The maximum absolute atomic E-state index is 11.7. The molecule has 2 aromatic rings. The monoisotopic (exact) mass is 381 g/mol. The number of carbonyl (C=O) groups is 2. The molecule has 0 aliphatic rings. The lowest BCUT2D eigenvalue weighted by molar-refractivity contribution is -0.123. The molecule has 1 aromatic heterocycles. The molecule has 0 bridgehead atoms. The average molecular weight is 382 g/mol. The highest BCUT2D eigenvalue weighted by Gasteiger charge is 2.12. The summed E-state index contributed by atoms with van der Waals surface area (Å²) in [4.78, 5) is 23.4. The van der Waals surface area contributed by atoms with Crippen LogP contribution in [0.4, 0.5) is 0 Å². The molecular formula is C17H20ClN3O5. The van der Waals surface area contributed by atoms with Crippen molar-refractivity contribution in [2.75, 3.05) is 19.7 Å². The molecule has 0 radical (unpaired) electrons. The Morgan fingerprint density at radius 2 is 2.04 bits per heavy atom. The molecule has 0 saturated heterocycles. The molecule has 0 fully saturated rings. The summed E-state index contributed by atoms with van der Waals surface area (Å²) in [5.41, 5.74) is 0.610. The molecule has 0 saturated carbocycles. The molecule has 9 heteroatoms. The summed E-state index contributed by atoms with van der Waals surface area (Å²) in [6, 6.07) is 8.15. The molecule has 1 heterocycles. The first-order chi connectivity index (χ1) is 12.4. The summed E-state index contributed by atoms with van der Waals surface area (Å²) in [6.07, 6.45) is -0.525. The first-order valence-electron chi connectivity index (χ1n) is 7.98. The van der Waals surface area contributed by atoms with Gasteiger partial charge < -0.3 is 25.0 Å². The number of hydrogen-bond acceptors (Lipinski definition) is 6. The van der Waals surface area contributed by atoms with Gasteiger partial charge in [0.05, 0.1) is 11.8 Å². The highest BCUT2D eigenvalue weighted by molar-refractivity contribution is 6.30. The highest BCUT2D eigenvalue weighted by atomic mass is 35.5. The van der Waals surface area contributed by atoms with Crippen molar-refractivity contribution in [2.24, 2.45) is 0 Å². The zero-order chi connectivity index (χ0) is 18.9. The van der Waals surface area contributed by atoms with E-state index in [1.54, 1.807) is 31.2 Å². The van der Waals surface area contributed by atoms with E-state index in [2.05, 4.69) is 15.8 Å². The molecular weight excluding hydrogens is 362 g/mol. The molecule has 1 atom stereocenters. The Kier molecular flexibility index (Phi) is 7.43. The van der Waals surface area contributed by atoms with Gasteiger partial charge in [-0.1, -0.05) is 16.8 Å². The van der Waals surface area contributed by atoms with Gasteiger partial charge in [-0.3, -0.25) is 9.59 Å². The standard InChI is InChI=1S/C17H20ClN3O5/c1-11-8-15(26-21-11)17(24)19-7-6-13(22)9-20-16(23)10-25-14-4-2-12(18)3-5-14/h2-5,8,13,22H,6-7,9-10H2,1H3,(H,19,24)(H,20,23)/t13-/m0/s1. The van der Waals surface area contributed by atoms with E-state index in [1.807, 2.05) is 0 Å². The summed E-state index contributed by atoms with van der Waals surface area (Å²) in [6.45, 7) is 1.83. The minimum Gasteiger partial charge on any atom is -0.484 e. The van der Waals surface area contributed by atoms with Gasteiger partial charge >= 0.3 is 0 Å². The number of benzene rings is 1. The van der Waals surface area contributed by atoms with Gasteiger partial charge in [0.15, 0.2) is 6.61 Å². The quantitative estimate of drug-likeness (QED) is 0.603. The van der Waals surface area contributed by atoms with Gasteiger partial charge in [0.1, 0.15) is 5.75 Å². The second-order valence-electron chi connectivity index (χ2n) is 5.58. The van der Waals surface area contributed by atoms with E-state index in [9.17, 15) is 14.7 Å². The first kappa shape index (κ1) is 19.7. The second kappa shape index (κ2) is 9.79. The van der Waals surface area contributed by atoms with Crippen molar-refractivity contribution >= 4 is 23.4 Å². The van der Waals surface area contributed by atoms with E-state index >= 15 is 0 Å². The number of aliphatic hydroxyl groups excluding tert-OH is 1. The first-order valence-corrected chi connectivity index (χ1v) is 8.36. The van der Waals surface area contributed by atoms with Crippen molar-refractivity contribution in [3.63, 3.8) is 0 Å². The Bertz CT molecular complexity index is 732. The van der Waals surface area contributed by atoms with E-state index in [0.29, 0.717) is 16.5 Å². The van der Waals surface area contributed by atoms with Crippen molar-refractivity contribution in [1.29, 1.82) is 0 Å². The molecule has 0 spiro atoms. The minimum absolute atomic E-state index is 0.0557. The van der Waals surface area contributed by atoms with Crippen LogP contribution >= 0.6 is 11.6 Å². The summed E-state index contributed by atoms with van der Waals surface area (Å²) in [7, 11) is 0. The molecule has 0 aliphatic carbocycles. The maximum Gasteiger partial charge on any atom is 0.289 e. The molecule has 0 unspecified atom stereocenters.